The molecule has 38 heavy (non-hydrogen) atoms. The number of imidazole rings is 1. The summed E-state index contributed by atoms with van der Waals surface area (Å²) in [5.74, 6) is 1.50. The van der Waals surface area contributed by atoms with Crippen LogP contribution in [0.15, 0.2) is 42.7 Å². The topological polar surface area (TPSA) is 8.81 Å². The van der Waals surface area contributed by atoms with Crippen molar-refractivity contribution < 1.29 is 4.57 Å². The summed E-state index contributed by atoms with van der Waals surface area (Å²) in [4.78, 5) is 0. The van der Waals surface area contributed by atoms with E-state index in [9.17, 15) is 0 Å². The van der Waals surface area contributed by atoms with Crippen LogP contribution in [0.4, 0.5) is 0 Å². The molecule has 216 valence electrons. The first-order valence-corrected chi connectivity index (χ1v) is 17.0. The molecule has 2 aromatic rings. The molecule has 0 fully saturated rings. The molecule has 0 bridgehead atoms. The van der Waals surface area contributed by atoms with Gasteiger partial charge in [0.25, 0.3) is 5.82 Å². The molecular weight excluding hydrogens is 460 g/mol. The summed E-state index contributed by atoms with van der Waals surface area (Å²) >= 11 is 0. The van der Waals surface area contributed by atoms with Gasteiger partial charge in [0.05, 0.1) is 6.54 Å². The van der Waals surface area contributed by atoms with Crippen LogP contribution in [0.5, 0.6) is 0 Å². The Labute approximate surface area is 237 Å². The van der Waals surface area contributed by atoms with Crippen LogP contribution in [0.1, 0.15) is 167 Å². The number of hydrogen-bond acceptors (Lipinski definition) is 0. The van der Waals surface area contributed by atoms with Gasteiger partial charge in [0.1, 0.15) is 18.1 Å². The second-order valence-corrected chi connectivity index (χ2v) is 11.8. The van der Waals surface area contributed by atoms with Crippen LogP contribution in [-0.4, -0.2) is 4.57 Å². The molecule has 0 spiro atoms. The maximum Gasteiger partial charge on any atom is 0.261 e. The molecule has 2 rings (SSSR count). The van der Waals surface area contributed by atoms with Crippen molar-refractivity contribution in [3.05, 3.63) is 48.5 Å². The normalized spacial score (nSPS) is 11.4. The first kappa shape index (κ1) is 32.6. The molecule has 1 aromatic carbocycles. The van der Waals surface area contributed by atoms with Crippen molar-refractivity contribution in [2.24, 2.45) is 0 Å². The summed E-state index contributed by atoms with van der Waals surface area (Å²) in [7, 11) is 0. The van der Waals surface area contributed by atoms with Crippen LogP contribution < -0.4 is 4.57 Å². The number of unbranched alkanes of at least 4 members (excludes halogenated alkanes) is 21. The number of aromatic nitrogens is 2. The minimum atomic E-state index is 1.17. The predicted molar refractivity (Wildman–Crippen MR) is 167 cm³/mol. The average Bonchev–Trinajstić information content (AvgIpc) is 3.35. The van der Waals surface area contributed by atoms with Gasteiger partial charge in [-0.2, -0.15) is 4.57 Å². The van der Waals surface area contributed by atoms with Crippen molar-refractivity contribution >= 4 is 0 Å². The SMILES string of the molecule is CCCCCCCCCCCCCCCc1n(-c2ccccc2)cc[n+]1CCCCCCCCCCCC. The lowest BCUT2D eigenvalue weighted by molar-refractivity contribution is -0.704. The van der Waals surface area contributed by atoms with Gasteiger partial charge in [-0.3, -0.25) is 0 Å². The monoisotopic (exact) mass is 523 g/mol. The highest BCUT2D eigenvalue weighted by Gasteiger charge is 2.18. The Morgan fingerprint density at radius 1 is 0.500 bits per heavy atom. The zero-order valence-corrected chi connectivity index (χ0v) is 25.6. The number of nitrogens with zero attached hydrogens (tertiary/aromatic N) is 2. The molecular formula is C36H63N2+. The summed E-state index contributed by atoms with van der Waals surface area (Å²) in [5.41, 5.74) is 1.30. The number of rotatable bonds is 26. The Balaban J connectivity index is 1.64. The van der Waals surface area contributed by atoms with Crippen molar-refractivity contribution in [3.63, 3.8) is 0 Å². The van der Waals surface area contributed by atoms with Crippen molar-refractivity contribution in [2.45, 2.75) is 174 Å². The van der Waals surface area contributed by atoms with Gasteiger partial charge in [0.15, 0.2) is 0 Å². The van der Waals surface area contributed by atoms with E-state index in [1.165, 1.54) is 172 Å². The largest absolute Gasteiger partial charge is 0.261 e. The van der Waals surface area contributed by atoms with Gasteiger partial charge in [-0.15, -0.1) is 0 Å². The molecule has 1 aromatic heterocycles. The fraction of sp³-hybridized carbons (Fsp3) is 0.750. The number of para-hydroxylation sites is 1. The van der Waals surface area contributed by atoms with Crippen LogP contribution in [0.3, 0.4) is 0 Å². The Morgan fingerprint density at radius 3 is 1.39 bits per heavy atom. The van der Waals surface area contributed by atoms with Gasteiger partial charge in [-0.05, 0) is 31.4 Å². The quantitative estimate of drug-likeness (QED) is 0.0856. The zero-order valence-electron chi connectivity index (χ0n) is 25.6. The van der Waals surface area contributed by atoms with Crippen LogP contribution in [0.2, 0.25) is 0 Å². The summed E-state index contributed by atoms with van der Waals surface area (Å²) in [6, 6.07) is 10.9. The maximum absolute atomic E-state index is 2.55. The van der Waals surface area contributed by atoms with Crippen molar-refractivity contribution in [1.82, 2.24) is 4.57 Å². The highest BCUT2D eigenvalue weighted by molar-refractivity contribution is 5.31. The van der Waals surface area contributed by atoms with Gasteiger partial charge in [0, 0.05) is 6.42 Å². The van der Waals surface area contributed by atoms with Gasteiger partial charge in [-0.1, -0.05) is 160 Å². The smallest absolute Gasteiger partial charge is 0.234 e. The Morgan fingerprint density at radius 2 is 0.921 bits per heavy atom. The van der Waals surface area contributed by atoms with E-state index in [1.54, 1.807) is 0 Å². The van der Waals surface area contributed by atoms with Crippen molar-refractivity contribution in [1.29, 1.82) is 0 Å². The van der Waals surface area contributed by atoms with Crippen molar-refractivity contribution in [2.75, 3.05) is 0 Å². The van der Waals surface area contributed by atoms with E-state index in [2.05, 4.69) is 65.7 Å². The second kappa shape index (κ2) is 23.3. The van der Waals surface area contributed by atoms with E-state index in [-0.39, 0.29) is 0 Å². The number of benzene rings is 1. The summed E-state index contributed by atoms with van der Waals surface area (Å²) in [5, 5.41) is 0. The first-order valence-electron chi connectivity index (χ1n) is 17.0. The van der Waals surface area contributed by atoms with Crippen LogP contribution >= 0.6 is 0 Å². The molecule has 0 unspecified atom stereocenters. The molecule has 0 saturated heterocycles. The molecule has 0 aliphatic rings. The molecule has 0 atom stereocenters. The first-order chi connectivity index (χ1) is 18.9. The summed E-state index contributed by atoms with van der Waals surface area (Å²) < 4.78 is 5.00. The highest BCUT2D eigenvalue weighted by Crippen LogP contribution is 2.16. The predicted octanol–water partition coefficient (Wildman–Crippen LogP) is 11.3. The third kappa shape index (κ3) is 15.1. The van der Waals surface area contributed by atoms with Gasteiger partial charge in [-0.25, -0.2) is 4.57 Å². The molecule has 0 aliphatic carbocycles. The number of hydrogen-bond donors (Lipinski definition) is 0. The van der Waals surface area contributed by atoms with Crippen molar-refractivity contribution in [3.8, 4) is 5.69 Å². The molecule has 0 saturated carbocycles. The van der Waals surface area contributed by atoms with Gasteiger partial charge < -0.3 is 0 Å². The lowest BCUT2D eigenvalue weighted by Gasteiger charge is -2.07. The lowest BCUT2D eigenvalue weighted by atomic mass is 10.0. The Hall–Kier alpha value is -1.57. The average molecular weight is 524 g/mol. The molecule has 0 N–H and O–H groups in total. The molecule has 0 radical (unpaired) electrons. The fourth-order valence-corrected chi connectivity index (χ4v) is 5.82. The van der Waals surface area contributed by atoms with E-state index < -0.39 is 0 Å². The molecule has 2 nitrogen and oxygen atoms in total. The Kier molecular flexibility index (Phi) is 20.0. The zero-order chi connectivity index (χ0) is 26.9. The van der Waals surface area contributed by atoms with Crippen LogP contribution in [0, 0.1) is 0 Å². The Bertz CT molecular complexity index is 763. The highest BCUT2D eigenvalue weighted by atomic mass is 15.1. The van der Waals surface area contributed by atoms with E-state index in [4.69, 9.17) is 0 Å². The minimum absolute atomic E-state index is 1.17. The van der Waals surface area contributed by atoms with E-state index >= 15 is 0 Å². The maximum atomic E-state index is 2.55. The third-order valence-corrected chi connectivity index (χ3v) is 8.30. The number of aryl methyl sites for hydroxylation is 1. The van der Waals surface area contributed by atoms with Gasteiger partial charge >= 0.3 is 0 Å². The fourth-order valence-electron chi connectivity index (χ4n) is 5.82. The lowest BCUT2D eigenvalue weighted by Crippen LogP contribution is -2.37. The summed E-state index contributed by atoms with van der Waals surface area (Å²) in [6.45, 7) is 5.78. The molecule has 0 aliphatic heterocycles. The molecule has 2 heteroatoms. The van der Waals surface area contributed by atoms with E-state index in [0.29, 0.717) is 0 Å². The molecule has 1 heterocycles. The van der Waals surface area contributed by atoms with E-state index in [0.717, 1.165) is 0 Å². The van der Waals surface area contributed by atoms with E-state index in [1.807, 2.05) is 0 Å². The molecule has 0 amide bonds. The van der Waals surface area contributed by atoms with Crippen LogP contribution in [-0.2, 0) is 13.0 Å². The van der Waals surface area contributed by atoms with Gasteiger partial charge in [0.2, 0.25) is 0 Å². The summed E-state index contributed by atoms with van der Waals surface area (Å²) in [6.07, 6.45) is 38.3. The van der Waals surface area contributed by atoms with Crippen LogP contribution in [0.25, 0.3) is 5.69 Å². The minimum Gasteiger partial charge on any atom is -0.234 e. The third-order valence-electron chi connectivity index (χ3n) is 8.30. The second-order valence-electron chi connectivity index (χ2n) is 11.8. The standard InChI is InChI=1S/C36H63N2/c1-3-5-7-9-11-13-15-16-17-18-20-22-27-31-36-37(33-34-38(36)35-29-25-24-26-30-35)32-28-23-21-19-14-12-10-8-6-4-2/h24-26,29-30,33-34H,3-23,27-28,31-32H2,1-2H3/q+1.